The average molecular weight is 422 g/mol. The molecule has 0 spiro atoms. The number of carbonyl (C=O) groups excluding carboxylic acids is 1. The van der Waals surface area contributed by atoms with Crippen molar-refractivity contribution in [1.82, 2.24) is 15.1 Å². The number of hydrogen-bond acceptors (Lipinski definition) is 4. The highest BCUT2D eigenvalue weighted by Crippen LogP contribution is 2.18. The number of nitrogens with zero attached hydrogens (tertiary/aromatic N) is 2. The fraction of sp³-hybridized carbons (Fsp3) is 0.500. The van der Waals surface area contributed by atoms with Gasteiger partial charge in [-0.15, -0.1) is 0 Å². The Labute approximate surface area is 186 Å². The third kappa shape index (κ3) is 6.63. The summed E-state index contributed by atoms with van der Waals surface area (Å²) in [6.07, 6.45) is 2.66. The van der Waals surface area contributed by atoms with Crippen LogP contribution in [0.2, 0.25) is 0 Å². The first kappa shape index (κ1) is 22.0. The molecular weight excluding hydrogens is 386 g/mol. The number of piperidine rings is 1. The van der Waals surface area contributed by atoms with Crippen molar-refractivity contribution < 1.29 is 9.53 Å². The summed E-state index contributed by atoms with van der Waals surface area (Å²) in [5.41, 5.74) is 4.38. The maximum Gasteiger partial charge on any atom is 0.251 e. The molecule has 1 unspecified atom stereocenters. The molecule has 0 aromatic heterocycles. The Morgan fingerprint density at radius 2 is 1.71 bits per heavy atom. The van der Waals surface area contributed by atoms with E-state index in [-0.39, 0.29) is 5.91 Å². The molecule has 0 radical (unpaired) electrons. The quantitative estimate of drug-likeness (QED) is 0.741. The summed E-state index contributed by atoms with van der Waals surface area (Å²) in [7, 11) is 0. The van der Waals surface area contributed by atoms with Crippen LogP contribution in [0.5, 0.6) is 0 Å². The molecule has 1 amide bonds. The third-order valence-electron chi connectivity index (χ3n) is 6.32. The van der Waals surface area contributed by atoms with Crippen LogP contribution in [0.1, 0.15) is 46.8 Å². The summed E-state index contributed by atoms with van der Waals surface area (Å²) >= 11 is 0. The second-order valence-electron chi connectivity index (χ2n) is 9.07. The molecule has 166 valence electrons. The average Bonchev–Trinajstić information content (AvgIpc) is 2.79. The number of carbonyl (C=O) groups is 1. The second-order valence-corrected chi connectivity index (χ2v) is 9.07. The fourth-order valence-electron chi connectivity index (χ4n) is 4.56. The molecule has 1 N–H and O–H groups in total. The van der Waals surface area contributed by atoms with Gasteiger partial charge in [-0.1, -0.05) is 43.3 Å². The van der Waals surface area contributed by atoms with Crippen molar-refractivity contribution in [2.45, 2.75) is 39.4 Å². The predicted octanol–water partition coefficient (Wildman–Crippen LogP) is 3.68. The molecule has 4 rings (SSSR count). The highest BCUT2D eigenvalue weighted by atomic mass is 16.5. The summed E-state index contributed by atoms with van der Waals surface area (Å²) in [6.45, 7) is 10.6. The number of nitrogens with one attached hydrogen (secondary N) is 1. The number of hydrogen-bond donors (Lipinski definition) is 1. The summed E-state index contributed by atoms with van der Waals surface area (Å²) in [4.78, 5) is 17.6. The number of rotatable bonds is 7. The topological polar surface area (TPSA) is 44.8 Å². The molecule has 31 heavy (non-hydrogen) atoms. The monoisotopic (exact) mass is 421 g/mol. The van der Waals surface area contributed by atoms with Crippen LogP contribution in [0.15, 0.2) is 48.5 Å². The minimum absolute atomic E-state index is 0.0183. The number of likely N-dealkylation sites (tertiary alicyclic amines) is 1. The van der Waals surface area contributed by atoms with Crippen LogP contribution in [0.4, 0.5) is 0 Å². The van der Waals surface area contributed by atoms with Crippen LogP contribution >= 0.6 is 0 Å². The molecule has 0 bridgehead atoms. The maximum absolute atomic E-state index is 12.7. The van der Waals surface area contributed by atoms with E-state index in [4.69, 9.17) is 4.74 Å². The minimum atomic E-state index is -0.0183. The molecule has 2 heterocycles. The summed E-state index contributed by atoms with van der Waals surface area (Å²) in [6, 6.07) is 16.6. The van der Waals surface area contributed by atoms with Gasteiger partial charge in [0.15, 0.2) is 0 Å². The first-order valence-electron chi connectivity index (χ1n) is 11.6. The Hall–Kier alpha value is -2.21. The molecule has 5 nitrogen and oxygen atoms in total. The number of ether oxygens (including phenoxy) is 1. The van der Waals surface area contributed by atoms with Gasteiger partial charge in [-0.25, -0.2) is 0 Å². The molecule has 1 atom stereocenters. The van der Waals surface area contributed by atoms with Crippen molar-refractivity contribution >= 4 is 5.91 Å². The van der Waals surface area contributed by atoms with Crippen molar-refractivity contribution in [3.05, 3.63) is 70.8 Å². The molecule has 0 saturated carbocycles. The SMILES string of the molecule is CC1CCCN(Cc2ccc(CNC(=O)c3cccc(CN4CCOCC4)c3)cc2)C1. The van der Waals surface area contributed by atoms with E-state index in [0.29, 0.717) is 6.54 Å². The smallest absolute Gasteiger partial charge is 0.251 e. The van der Waals surface area contributed by atoms with Crippen molar-refractivity contribution in [3.8, 4) is 0 Å². The van der Waals surface area contributed by atoms with E-state index in [2.05, 4.69) is 52.4 Å². The van der Waals surface area contributed by atoms with Crippen LogP contribution < -0.4 is 5.32 Å². The zero-order chi connectivity index (χ0) is 21.5. The molecule has 2 fully saturated rings. The fourth-order valence-corrected chi connectivity index (χ4v) is 4.56. The van der Waals surface area contributed by atoms with E-state index >= 15 is 0 Å². The molecule has 2 aromatic carbocycles. The van der Waals surface area contributed by atoms with Gasteiger partial charge in [0.2, 0.25) is 0 Å². The van der Waals surface area contributed by atoms with Gasteiger partial charge in [0.25, 0.3) is 5.91 Å². The van der Waals surface area contributed by atoms with E-state index in [1.165, 1.54) is 37.1 Å². The van der Waals surface area contributed by atoms with Crippen LogP contribution in [0, 0.1) is 5.92 Å². The van der Waals surface area contributed by atoms with Crippen LogP contribution in [-0.4, -0.2) is 55.1 Å². The maximum atomic E-state index is 12.7. The molecule has 5 heteroatoms. The number of benzene rings is 2. The molecule has 2 saturated heterocycles. The zero-order valence-corrected chi connectivity index (χ0v) is 18.7. The zero-order valence-electron chi connectivity index (χ0n) is 18.7. The first-order chi connectivity index (χ1) is 15.2. The lowest BCUT2D eigenvalue weighted by molar-refractivity contribution is 0.0342. The van der Waals surface area contributed by atoms with Gasteiger partial charge in [0, 0.05) is 44.8 Å². The van der Waals surface area contributed by atoms with Gasteiger partial charge in [-0.2, -0.15) is 0 Å². The Balaban J connectivity index is 1.27. The van der Waals surface area contributed by atoms with E-state index in [1.807, 2.05) is 18.2 Å². The highest BCUT2D eigenvalue weighted by Gasteiger charge is 2.16. The Kier molecular flexibility index (Phi) is 7.73. The van der Waals surface area contributed by atoms with Crippen molar-refractivity contribution in [1.29, 1.82) is 0 Å². The summed E-state index contributed by atoms with van der Waals surface area (Å²) in [5.74, 6) is 0.783. The Morgan fingerprint density at radius 1 is 0.968 bits per heavy atom. The first-order valence-corrected chi connectivity index (χ1v) is 11.6. The molecule has 2 aliphatic rings. The summed E-state index contributed by atoms with van der Waals surface area (Å²) < 4.78 is 5.41. The van der Waals surface area contributed by atoms with Gasteiger partial charge in [-0.3, -0.25) is 14.6 Å². The molecular formula is C26H35N3O2. The number of morpholine rings is 1. The van der Waals surface area contributed by atoms with Gasteiger partial charge < -0.3 is 10.1 Å². The van der Waals surface area contributed by atoms with Gasteiger partial charge in [0.1, 0.15) is 0 Å². The van der Waals surface area contributed by atoms with E-state index in [9.17, 15) is 4.79 Å². The lowest BCUT2D eigenvalue weighted by Crippen LogP contribution is -2.35. The molecule has 2 aliphatic heterocycles. The minimum Gasteiger partial charge on any atom is -0.379 e. The van der Waals surface area contributed by atoms with Gasteiger partial charge >= 0.3 is 0 Å². The largest absolute Gasteiger partial charge is 0.379 e. The highest BCUT2D eigenvalue weighted by molar-refractivity contribution is 5.94. The molecule has 2 aromatic rings. The normalized spacial score (nSPS) is 20.5. The van der Waals surface area contributed by atoms with Gasteiger partial charge in [0.05, 0.1) is 13.2 Å². The van der Waals surface area contributed by atoms with Crippen LogP contribution in [0.25, 0.3) is 0 Å². The van der Waals surface area contributed by atoms with Gasteiger partial charge in [-0.05, 0) is 54.1 Å². The van der Waals surface area contributed by atoms with Crippen molar-refractivity contribution in [3.63, 3.8) is 0 Å². The van der Waals surface area contributed by atoms with E-state index in [0.717, 1.165) is 56.4 Å². The predicted molar refractivity (Wildman–Crippen MR) is 124 cm³/mol. The third-order valence-corrected chi connectivity index (χ3v) is 6.32. The standard InChI is InChI=1S/C26H35N3O2/c1-21-4-3-11-29(18-21)19-23-9-7-22(8-10-23)17-27-26(30)25-6-2-5-24(16-25)20-28-12-14-31-15-13-28/h2,5-10,16,21H,3-4,11-15,17-20H2,1H3,(H,27,30). The lowest BCUT2D eigenvalue weighted by Gasteiger charge is -2.30. The summed E-state index contributed by atoms with van der Waals surface area (Å²) in [5, 5.41) is 3.07. The Bertz CT molecular complexity index is 846. The van der Waals surface area contributed by atoms with Crippen molar-refractivity contribution in [2.75, 3.05) is 39.4 Å². The van der Waals surface area contributed by atoms with Crippen LogP contribution in [0.3, 0.4) is 0 Å². The van der Waals surface area contributed by atoms with E-state index in [1.54, 1.807) is 0 Å². The van der Waals surface area contributed by atoms with E-state index < -0.39 is 0 Å². The molecule has 0 aliphatic carbocycles. The number of amides is 1. The Morgan fingerprint density at radius 3 is 2.48 bits per heavy atom. The van der Waals surface area contributed by atoms with Crippen LogP contribution in [-0.2, 0) is 24.4 Å². The van der Waals surface area contributed by atoms with Crippen molar-refractivity contribution in [2.24, 2.45) is 5.92 Å². The lowest BCUT2D eigenvalue weighted by atomic mass is 9.99. The second kappa shape index (κ2) is 10.9.